The largest absolute Gasteiger partial charge is 0.406 e. The highest BCUT2D eigenvalue weighted by molar-refractivity contribution is 7.98. The van der Waals surface area contributed by atoms with Crippen molar-refractivity contribution in [1.29, 1.82) is 0 Å². The molecule has 2 aromatic carbocycles. The number of nitrogens with zero attached hydrogens (tertiary/aromatic N) is 3. The van der Waals surface area contributed by atoms with Crippen LogP contribution in [0.2, 0.25) is 0 Å². The van der Waals surface area contributed by atoms with Gasteiger partial charge in [-0.3, -0.25) is 10.1 Å². The Hall–Kier alpha value is -2.81. The second kappa shape index (κ2) is 7.83. The van der Waals surface area contributed by atoms with E-state index in [2.05, 4.69) is 4.98 Å². The Morgan fingerprint density at radius 1 is 1.11 bits per heavy atom. The van der Waals surface area contributed by atoms with Gasteiger partial charge >= 0.3 is 6.18 Å². The molecule has 27 heavy (non-hydrogen) atoms. The molecular formula is C18H14F3N3O2S. The summed E-state index contributed by atoms with van der Waals surface area (Å²) in [6.45, 7) is -1.16. The Morgan fingerprint density at radius 3 is 2.52 bits per heavy atom. The van der Waals surface area contributed by atoms with Gasteiger partial charge in [0.25, 0.3) is 5.69 Å². The van der Waals surface area contributed by atoms with Gasteiger partial charge < -0.3 is 4.57 Å². The van der Waals surface area contributed by atoms with Crippen LogP contribution in [-0.4, -0.2) is 20.7 Å². The molecule has 0 bridgehead atoms. The molecule has 140 valence electrons. The number of nitro groups is 1. The number of hydrogen-bond acceptors (Lipinski definition) is 4. The van der Waals surface area contributed by atoms with E-state index in [1.807, 2.05) is 0 Å². The highest BCUT2D eigenvalue weighted by atomic mass is 32.2. The van der Waals surface area contributed by atoms with Crippen molar-refractivity contribution in [3.8, 4) is 11.3 Å². The lowest BCUT2D eigenvalue weighted by Gasteiger charge is -2.14. The Morgan fingerprint density at radius 2 is 1.85 bits per heavy atom. The van der Waals surface area contributed by atoms with E-state index >= 15 is 0 Å². The number of imidazole rings is 1. The predicted molar refractivity (Wildman–Crippen MR) is 96.4 cm³/mol. The van der Waals surface area contributed by atoms with Crippen molar-refractivity contribution in [3.63, 3.8) is 0 Å². The van der Waals surface area contributed by atoms with Crippen LogP contribution >= 0.6 is 11.8 Å². The molecule has 0 fully saturated rings. The molecule has 0 spiro atoms. The fraction of sp³-hybridized carbons (Fsp3) is 0.167. The Bertz CT molecular complexity index is 943. The minimum atomic E-state index is -4.40. The third kappa shape index (κ3) is 4.88. The SMILES string of the molecule is O=[N+]([O-])c1cccc(CSc2ncc(-c3ccccc3)n2CC(F)(F)F)c1. The second-order valence-corrected chi connectivity index (χ2v) is 6.65. The summed E-state index contributed by atoms with van der Waals surface area (Å²) in [4.78, 5) is 14.5. The topological polar surface area (TPSA) is 61.0 Å². The van der Waals surface area contributed by atoms with Gasteiger partial charge in [-0.15, -0.1) is 0 Å². The van der Waals surface area contributed by atoms with Crippen LogP contribution in [0.15, 0.2) is 66.0 Å². The molecule has 5 nitrogen and oxygen atoms in total. The molecule has 0 radical (unpaired) electrons. The fourth-order valence-electron chi connectivity index (χ4n) is 2.55. The molecule has 1 aromatic heterocycles. The molecule has 0 aliphatic heterocycles. The smallest absolute Gasteiger partial charge is 0.310 e. The minimum absolute atomic E-state index is 0.0586. The molecular weight excluding hydrogens is 379 g/mol. The quantitative estimate of drug-likeness (QED) is 0.323. The molecule has 0 unspecified atom stereocenters. The maximum absolute atomic E-state index is 13.1. The number of hydrogen-bond donors (Lipinski definition) is 0. The molecule has 0 saturated carbocycles. The summed E-state index contributed by atoms with van der Waals surface area (Å²) in [6.07, 6.45) is -2.98. The molecule has 0 saturated heterocycles. The Labute approximate surface area is 157 Å². The molecule has 3 rings (SSSR count). The van der Waals surface area contributed by atoms with Crippen molar-refractivity contribution in [1.82, 2.24) is 9.55 Å². The molecule has 0 N–H and O–H groups in total. The van der Waals surface area contributed by atoms with Gasteiger partial charge in [0.05, 0.1) is 16.8 Å². The van der Waals surface area contributed by atoms with Gasteiger partial charge in [-0.2, -0.15) is 13.2 Å². The molecule has 0 aliphatic carbocycles. The number of nitro benzene ring substituents is 1. The summed E-state index contributed by atoms with van der Waals surface area (Å²) in [5, 5.41) is 11.1. The van der Waals surface area contributed by atoms with Crippen LogP contribution in [0.3, 0.4) is 0 Å². The van der Waals surface area contributed by atoms with Crippen molar-refractivity contribution in [3.05, 3.63) is 76.5 Å². The van der Waals surface area contributed by atoms with Crippen LogP contribution in [0.1, 0.15) is 5.56 Å². The van der Waals surface area contributed by atoms with Gasteiger partial charge in [-0.05, 0) is 11.1 Å². The summed E-state index contributed by atoms with van der Waals surface area (Å²) in [5.41, 5.74) is 1.58. The normalized spacial score (nSPS) is 11.5. The van der Waals surface area contributed by atoms with Crippen LogP contribution < -0.4 is 0 Å². The predicted octanol–water partition coefficient (Wildman–Crippen LogP) is 5.31. The molecule has 9 heteroatoms. The molecule has 0 atom stereocenters. The van der Waals surface area contributed by atoms with E-state index in [4.69, 9.17) is 0 Å². The lowest BCUT2D eigenvalue weighted by atomic mass is 10.2. The zero-order valence-electron chi connectivity index (χ0n) is 13.9. The van der Waals surface area contributed by atoms with Crippen molar-refractivity contribution >= 4 is 17.4 Å². The number of benzene rings is 2. The summed E-state index contributed by atoms with van der Waals surface area (Å²) in [7, 11) is 0. The van der Waals surface area contributed by atoms with Crippen molar-refractivity contribution < 1.29 is 18.1 Å². The van der Waals surface area contributed by atoms with E-state index < -0.39 is 17.6 Å². The number of rotatable bonds is 6. The standard InChI is InChI=1S/C18H14F3N3O2S/c19-18(20,21)12-23-16(14-6-2-1-3-7-14)10-22-17(23)27-11-13-5-4-8-15(9-13)24(25)26/h1-10H,11-12H2. The van der Waals surface area contributed by atoms with Crippen LogP contribution in [0.4, 0.5) is 18.9 Å². The lowest BCUT2D eigenvalue weighted by molar-refractivity contribution is -0.384. The summed E-state index contributed by atoms with van der Waals surface area (Å²) < 4.78 is 40.3. The molecule has 0 aliphatic rings. The summed E-state index contributed by atoms with van der Waals surface area (Å²) in [6, 6.07) is 14.7. The first-order valence-electron chi connectivity index (χ1n) is 7.87. The highest BCUT2D eigenvalue weighted by Gasteiger charge is 2.30. The molecule has 0 amide bonds. The maximum atomic E-state index is 13.1. The van der Waals surface area contributed by atoms with E-state index in [9.17, 15) is 23.3 Å². The number of thioether (sulfide) groups is 1. The number of non-ortho nitro benzene ring substituents is 1. The second-order valence-electron chi connectivity index (χ2n) is 5.71. The first kappa shape index (κ1) is 19.0. The zero-order chi connectivity index (χ0) is 19.4. The van der Waals surface area contributed by atoms with E-state index in [-0.39, 0.29) is 16.6 Å². The average molecular weight is 393 g/mol. The number of aromatic nitrogens is 2. The van der Waals surface area contributed by atoms with Gasteiger partial charge in [-0.1, -0.05) is 54.2 Å². The summed E-state index contributed by atoms with van der Waals surface area (Å²) in [5.74, 6) is 0.269. The third-order valence-electron chi connectivity index (χ3n) is 3.72. The van der Waals surface area contributed by atoms with Gasteiger partial charge in [0.2, 0.25) is 0 Å². The molecule has 1 heterocycles. The minimum Gasteiger partial charge on any atom is -0.310 e. The van der Waals surface area contributed by atoms with Crippen molar-refractivity contribution in [2.45, 2.75) is 23.6 Å². The molecule has 3 aromatic rings. The highest BCUT2D eigenvalue weighted by Crippen LogP contribution is 2.31. The number of halogens is 3. The zero-order valence-corrected chi connectivity index (χ0v) is 14.7. The van der Waals surface area contributed by atoms with E-state index in [1.165, 1.54) is 18.3 Å². The van der Waals surface area contributed by atoms with E-state index in [0.29, 0.717) is 16.8 Å². The first-order valence-corrected chi connectivity index (χ1v) is 8.86. The monoisotopic (exact) mass is 393 g/mol. The van der Waals surface area contributed by atoms with Crippen LogP contribution in [0.25, 0.3) is 11.3 Å². The first-order chi connectivity index (χ1) is 12.8. The number of alkyl halides is 3. The van der Waals surface area contributed by atoms with Crippen molar-refractivity contribution in [2.75, 3.05) is 0 Å². The van der Waals surface area contributed by atoms with Crippen LogP contribution in [0, 0.1) is 10.1 Å². The van der Waals surface area contributed by atoms with E-state index in [1.54, 1.807) is 42.5 Å². The maximum Gasteiger partial charge on any atom is 0.406 e. The Balaban J connectivity index is 1.88. The summed E-state index contributed by atoms with van der Waals surface area (Å²) >= 11 is 1.11. The lowest BCUT2D eigenvalue weighted by Crippen LogP contribution is -2.19. The van der Waals surface area contributed by atoms with Gasteiger partial charge in [0.1, 0.15) is 6.54 Å². The van der Waals surface area contributed by atoms with Gasteiger partial charge in [-0.25, -0.2) is 4.98 Å². The van der Waals surface area contributed by atoms with Crippen LogP contribution in [-0.2, 0) is 12.3 Å². The fourth-order valence-corrected chi connectivity index (χ4v) is 3.47. The Kier molecular flexibility index (Phi) is 5.50. The van der Waals surface area contributed by atoms with Crippen molar-refractivity contribution in [2.24, 2.45) is 0 Å². The third-order valence-corrected chi connectivity index (χ3v) is 4.78. The van der Waals surface area contributed by atoms with Gasteiger partial charge in [0.15, 0.2) is 5.16 Å². The van der Waals surface area contributed by atoms with Gasteiger partial charge in [0, 0.05) is 17.9 Å². The van der Waals surface area contributed by atoms with E-state index in [0.717, 1.165) is 16.3 Å². The average Bonchev–Trinajstić information content (AvgIpc) is 3.01. The van der Waals surface area contributed by atoms with Crippen LogP contribution in [0.5, 0.6) is 0 Å².